The Bertz CT molecular complexity index is 571. The quantitative estimate of drug-likeness (QED) is 0.642. The van der Waals surface area contributed by atoms with E-state index in [4.69, 9.17) is 0 Å². The van der Waals surface area contributed by atoms with Crippen LogP contribution < -0.4 is 0 Å². The van der Waals surface area contributed by atoms with Gasteiger partial charge in [0.1, 0.15) is 0 Å². The summed E-state index contributed by atoms with van der Waals surface area (Å²) < 4.78 is 0. The van der Waals surface area contributed by atoms with Crippen molar-refractivity contribution in [3.05, 3.63) is 70.8 Å². The Morgan fingerprint density at radius 2 is 1.06 bits per heavy atom. The Morgan fingerprint density at radius 3 is 1.53 bits per heavy atom. The maximum Gasteiger partial charge on any atom is 0.233 e. The van der Waals surface area contributed by atoms with Crippen molar-refractivity contribution in [2.75, 3.05) is 0 Å². The molecule has 1 aliphatic carbocycles. The lowest BCUT2D eigenvalue weighted by atomic mass is 10.0. The third-order valence-electron chi connectivity index (χ3n) is 3.11. The van der Waals surface area contributed by atoms with E-state index in [1.807, 2.05) is 24.3 Å². The first kappa shape index (κ1) is 9.97. The lowest BCUT2D eigenvalue weighted by Gasteiger charge is -2.03. The summed E-state index contributed by atoms with van der Waals surface area (Å²) in [5.74, 6) is -0.795. The molecule has 0 aromatic heterocycles. The largest absolute Gasteiger partial charge is 0.285 e. The molecule has 0 saturated heterocycles. The highest BCUT2D eigenvalue weighted by molar-refractivity contribution is 6.50. The van der Waals surface area contributed by atoms with Crippen molar-refractivity contribution >= 4 is 11.6 Å². The van der Waals surface area contributed by atoms with Gasteiger partial charge in [-0.2, -0.15) is 0 Å². The van der Waals surface area contributed by atoms with Crippen molar-refractivity contribution in [2.24, 2.45) is 0 Å². The van der Waals surface area contributed by atoms with Gasteiger partial charge in [0.05, 0.1) is 0 Å². The number of hydrogen-bond donors (Lipinski definition) is 0. The molecule has 3 rings (SSSR count). The van der Waals surface area contributed by atoms with E-state index in [0.29, 0.717) is 17.5 Å². The molecule has 0 atom stereocenters. The highest BCUT2D eigenvalue weighted by atomic mass is 16.2. The van der Waals surface area contributed by atoms with E-state index in [1.54, 1.807) is 24.3 Å². The third-order valence-corrected chi connectivity index (χ3v) is 3.11. The van der Waals surface area contributed by atoms with Crippen LogP contribution >= 0.6 is 0 Å². The summed E-state index contributed by atoms with van der Waals surface area (Å²) in [4.78, 5) is 24.1. The fourth-order valence-corrected chi connectivity index (χ4v) is 2.24. The zero-order valence-electron chi connectivity index (χ0n) is 9.14. The molecular formula is C15H10O2. The van der Waals surface area contributed by atoms with Crippen LogP contribution in [-0.4, -0.2) is 11.6 Å². The molecule has 0 aliphatic heterocycles. The van der Waals surface area contributed by atoms with E-state index in [1.165, 1.54) is 0 Å². The summed E-state index contributed by atoms with van der Waals surface area (Å²) in [7, 11) is 0. The number of benzene rings is 2. The van der Waals surface area contributed by atoms with E-state index in [0.717, 1.165) is 11.1 Å². The minimum absolute atomic E-state index is 0.398. The van der Waals surface area contributed by atoms with Crippen molar-refractivity contribution in [2.45, 2.75) is 6.42 Å². The molecule has 2 nitrogen and oxygen atoms in total. The second-order valence-corrected chi connectivity index (χ2v) is 4.15. The zero-order chi connectivity index (χ0) is 11.8. The standard InChI is InChI=1S/C15H10O2/c16-14-12-7-3-1-5-10(12)9-11-6-2-4-8-13(11)15(14)17/h1-8H,9H2. The molecule has 0 unspecified atom stereocenters. The Kier molecular flexibility index (Phi) is 2.15. The van der Waals surface area contributed by atoms with Crippen molar-refractivity contribution in [3.63, 3.8) is 0 Å². The van der Waals surface area contributed by atoms with Gasteiger partial charge < -0.3 is 0 Å². The molecule has 0 amide bonds. The molecule has 1 aliphatic rings. The number of carbonyl (C=O) groups excluding carboxylic acids is 2. The van der Waals surface area contributed by atoms with E-state index < -0.39 is 11.6 Å². The Morgan fingerprint density at radius 1 is 0.647 bits per heavy atom. The first-order chi connectivity index (χ1) is 8.27. The number of ketones is 2. The second-order valence-electron chi connectivity index (χ2n) is 4.15. The summed E-state index contributed by atoms with van der Waals surface area (Å²) in [5.41, 5.74) is 2.93. The molecule has 0 heterocycles. The number of rotatable bonds is 0. The van der Waals surface area contributed by atoms with E-state index in [2.05, 4.69) is 0 Å². The van der Waals surface area contributed by atoms with Crippen LogP contribution in [0.25, 0.3) is 0 Å². The summed E-state index contributed by atoms with van der Waals surface area (Å²) in [6, 6.07) is 14.6. The fourth-order valence-electron chi connectivity index (χ4n) is 2.24. The van der Waals surface area contributed by atoms with Crippen LogP contribution in [0.15, 0.2) is 48.5 Å². The van der Waals surface area contributed by atoms with Crippen LogP contribution in [0.4, 0.5) is 0 Å². The number of fused-ring (bicyclic) bond motifs is 2. The van der Waals surface area contributed by atoms with Gasteiger partial charge in [-0.1, -0.05) is 48.5 Å². The summed E-state index contributed by atoms with van der Waals surface area (Å²) in [6.07, 6.45) is 0.643. The van der Waals surface area contributed by atoms with Gasteiger partial charge in [-0.15, -0.1) is 0 Å². The summed E-state index contributed by atoms with van der Waals surface area (Å²) in [6.45, 7) is 0. The predicted octanol–water partition coefficient (Wildman–Crippen LogP) is 2.66. The summed E-state index contributed by atoms with van der Waals surface area (Å²) in [5, 5.41) is 0. The number of Topliss-reactive ketones (excluding diaryl/α,β-unsaturated/α-hetero) is 2. The van der Waals surface area contributed by atoms with Gasteiger partial charge in [0, 0.05) is 11.1 Å². The monoisotopic (exact) mass is 222 g/mol. The lowest BCUT2D eigenvalue weighted by Crippen LogP contribution is -2.14. The minimum Gasteiger partial charge on any atom is -0.285 e. The molecule has 17 heavy (non-hydrogen) atoms. The molecule has 0 radical (unpaired) electrons. The maximum atomic E-state index is 12.0. The van der Waals surface area contributed by atoms with Crippen LogP contribution in [0.5, 0.6) is 0 Å². The molecule has 0 N–H and O–H groups in total. The van der Waals surface area contributed by atoms with Gasteiger partial charge in [-0.05, 0) is 17.5 Å². The normalized spacial score (nSPS) is 13.9. The van der Waals surface area contributed by atoms with Crippen LogP contribution in [-0.2, 0) is 6.42 Å². The highest BCUT2D eigenvalue weighted by Crippen LogP contribution is 2.23. The molecule has 2 aromatic carbocycles. The average molecular weight is 222 g/mol. The number of hydrogen-bond acceptors (Lipinski definition) is 2. The first-order valence-corrected chi connectivity index (χ1v) is 5.52. The van der Waals surface area contributed by atoms with Crippen molar-refractivity contribution in [1.29, 1.82) is 0 Å². The maximum absolute atomic E-state index is 12.0. The Labute approximate surface area is 98.9 Å². The van der Waals surface area contributed by atoms with Gasteiger partial charge in [0.15, 0.2) is 0 Å². The SMILES string of the molecule is O=C1C(=O)c2ccccc2Cc2ccccc21. The highest BCUT2D eigenvalue weighted by Gasteiger charge is 2.26. The molecule has 2 heteroatoms. The molecular weight excluding hydrogens is 212 g/mol. The van der Waals surface area contributed by atoms with E-state index >= 15 is 0 Å². The van der Waals surface area contributed by atoms with Gasteiger partial charge in [-0.3, -0.25) is 9.59 Å². The van der Waals surface area contributed by atoms with Crippen molar-refractivity contribution in [3.8, 4) is 0 Å². The summed E-state index contributed by atoms with van der Waals surface area (Å²) >= 11 is 0. The molecule has 0 saturated carbocycles. The molecule has 0 spiro atoms. The zero-order valence-corrected chi connectivity index (χ0v) is 9.14. The molecule has 82 valence electrons. The van der Waals surface area contributed by atoms with Gasteiger partial charge in [0.2, 0.25) is 11.6 Å². The third kappa shape index (κ3) is 1.49. The average Bonchev–Trinajstić information content (AvgIpc) is 2.48. The van der Waals surface area contributed by atoms with Crippen LogP contribution in [0.2, 0.25) is 0 Å². The molecule has 0 bridgehead atoms. The van der Waals surface area contributed by atoms with Gasteiger partial charge in [0.25, 0.3) is 0 Å². The Hall–Kier alpha value is -2.22. The van der Waals surface area contributed by atoms with Gasteiger partial charge >= 0.3 is 0 Å². The first-order valence-electron chi connectivity index (χ1n) is 5.52. The second kappa shape index (κ2) is 3.67. The van der Waals surface area contributed by atoms with Crippen molar-refractivity contribution in [1.82, 2.24) is 0 Å². The molecule has 0 fully saturated rings. The minimum atomic E-state index is -0.398. The predicted molar refractivity (Wildman–Crippen MR) is 64.4 cm³/mol. The smallest absolute Gasteiger partial charge is 0.233 e. The molecule has 2 aromatic rings. The van der Waals surface area contributed by atoms with Crippen molar-refractivity contribution < 1.29 is 9.59 Å². The van der Waals surface area contributed by atoms with Gasteiger partial charge in [-0.25, -0.2) is 0 Å². The van der Waals surface area contributed by atoms with Crippen LogP contribution in [0.3, 0.4) is 0 Å². The topological polar surface area (TPSA) is 34.1 Å². The van der Waals surface area contributed by atoms with Crippen LogP contribution in [0.1, 0.15) is 31.8 Å². The van der Waals surface area contributed by atoms with Crippen LogP contribution in [0, 0.1) is 0 Å². The van der Waals surface area contributed by atoms with E-state index in [-0.39, 0.29) is 0 Å². The number of carbonyl (C=O) groups is 2. The fraction of sp³-hybridized carbons (Fsp3) is 0.0667. The van der Waals surface area contributed by atoms with E-state index in [9.17, 15) is 9.59 Å². The Balaban J connectivity index is 2.28. The lowest BCUT2D eigenvalue weighted by molar-refractivity contribution is 0.0817.